The second kappa shape index (κ2) is 10.1. The summed E-state index contributed by atoms with van der Waals surface area (Å²) >= 11 is 0. The first-order valence-electron chi connectivity index (χ1n) is 4.51. The SMILES string of the molecule is CCC[Si](OC)(OC)OC.CCN. The van der Waals surface area contributed by atoms with E-state index < -0.39 is 8.80 Å². The Kier molecular flexibility index (Phi) is 12.1. The van der Waals surface area contributed by atoms with Crippen LogP contribution in [0, 0.1) is 0 Å². The molecule has 0 atom stereocenters. The molecule has 0 aliphatic carbocycles. The molecule has 82 valence electrons. The highest BCUT2D eigenvalue weighted by molar-refractivity contribution is 6.60. The first-order valence-corrected chi connectivity index (χ1v) is 6.44. The molecule has 0 aliphatic rings. The number of nitrogens with two attached hydrogens (primary N) is 1. The highest BCUT2D eigenvalue weighted by Gasteiger charge is 2.36. The standard InChI is InChI=1S/C6H16O3Si.C2H7N/c1-5-6-10(7-2,8-3)9-4;1-2-3/h5-6H2,1-4H3;2-3H2,1H3. The van der Waals surface area contributed by atoms with Crippen molar-refractivity contribution in [3.63, 3.8) is 0 Å². The van der Waals surface area contributed by atoms with E-state index in [0.29, 0.717) is 0 Å². The summed E-state index contributed by atoms with van der Waals surface area (Å²) in [5.74, 6) is 0. The van der Waals surface area contributed by atoms with Gasteiger partial charge in [-0.2, -0.15) is 0 Å². The van der Waals surface area contributed by atoms with Gasteiger partial charge in [-0.25, -0.2) is 0 Å². The zero-order valence-electron chi connectivity index (χ0n) is 9.42. The maximum absolute atomic E-state index is 5.17. The minimum atomic E-state index is -2.22. The quantitative estimate of drug-likeness (QED) is 0.692. The van der Waals surface area contributed by atoms with E-state index in [1.165, 1.54) is 0 Å². The zero-order valence-corrected chi connectivity index (χ0v) is 10.4. The number of rotatable bonds is 5. The molecule has 0 aromatic rings. The third-order valence-electron chi connectivity index (χ3n) is 1.49. The van der Waals surface area contributed by atoms with Crippen LogP contribution < -0.4 is 5.73 Å². The van der Waals surface area contributed by atoms with Gasteiger partial charge >= 0.3 is 8.80 Å². The zero-order chi connectivity index (χ0) is 10.7. The molecule has 13 heavy (non-hydrogen) atoms. The highest BCUT2D eigenvalue weighted by Crippen LogP contribution is 2.13. The first-order chi connectivity index (χ1) is 6.16. The van der Waals surface area contributed by atoms with Crippen molar-refractivity contribution in [3.8, 4) is 0 Å². The van der Waals surface area contributed by atoms with Gasteiger partial charge in [-0.1, -0.05) is 20.3 Å². The van der Waals surface area contributed by atoms with Gasteiger partial charge in [0.05, 0.1) is 0 Å². The topological polar surface area (TPSA) is 53.7 Å². The fourth-order valence-electron chi connectivity index (χ4n) is 0.862. The van der Waals surface area contributed by atoms with E-state index >= 15 is 0 Å². The molecule has 0 rings (SSSR count). The molecule has 0 aromatic heterocycles. The second-order valence-corrected chi connectivity index (χ2v) is 5.54. The van der Waals surface area contributed by atoms with Gasteiger partial charge in [0, 0.05) is 27.4 Å². The van der Waals surface area contributed by atoms with Crippen LogP contribution in [0.1, 0.15) is 20.3 Å². The van der Waals surface area contributed by atoms with Crippen molar-refractivity contribution >= 4 is 8.80 Å². The van der Waals surface area contributed by atoms with Crippen LogP contribution in [0.15, 0.2) is 0 Å². The van der Waals surface area contributed by atoms with Crippen LogP contribution in [0.2, 0.25) is 6.04 Å². The van der Waals surface area contributed by atoms with Crippen LogP contribution in [0.3, 0.4) is 0 Å². The third kappa shape index (κ3) is 7.15. The van der Waals surface area contributed by atoms with E-state index in [2.05, 4.69) is 6.92 Å². The molecule has 0 radical (unpaired) electrons. The van der Waals surface area contributed by atoms with E-state index in [9.17, 15) is 0 Å². The highest BCUT2D eigenvalue weighted by atomic mass is 28.4. The summed E-state index contributed by atoms with van der Waals surface area (Å²) in [6.07, 6.45) is 1.03. The maximum atomic E-state index is 5.17. The summed E-state index contributed by atoms with van der Waals surface area (Å²) < 4.78 is 15.5. The van der Waals surface area contributed by atoms with Crippen LogP contribution in [0.5, 0.6) is 0 Å². The molecule has 0 heterocycles. The van der Waals surface area contributed by atoms with Crippen molar-refractivity contribution in [1.29, 1.82) is 0 Å². The van der Waals surface area contributed by atoms with Crippen molar-refractivity contribution in [2.24, 2.45) is 5.73 Å². The lowest BCUT2D eigenvalue weighted by Crippen LogP contribution is -2.42. The lowest BCUT2D eigenvalue weighted by Gasteiger charge is -2.23. The molecular formula is C8H23NO3Si. The lowest BCUT2D eigenvalue weighted by molar-refractivity contribution is 0.123. The Hall–Kier alpha value is 0.0569. The van der Waals surface area contributed by atoms with Crippen molar-refractivity contribution < 1.29 is 13.3 Å². The molecule has 0 spiro atoms. The van der Waals surface area contributed by atoms with Crippen molar-refractivity contribution in [2.45, 2.75) is 26.3 Å². The van der Waals surface area contributed by atoms with Crippen LogP contribution in [-0.4, -0.2) is 36.7 Å². The smallest absolute Gasteiger partial charge is 0.377 e. The summed E-state index contributed by atoms with van der Waals surface area (Å²) in [5, 5.41) is 0. The molecule has 5 heteroatoms. The molecule has 0 amide bonds. The Balaban J connectivity index is 0. The van der Waals surface area contributed by atoms with E-state index in [4.69, 9.17) is 19.0 Å². The van der Waals surface area contributed by atoms with E-state index in [-0.39, 0.29) is 0 Å². The second-order valence-electron chi connectivity index (χ2n) is 2.45. The van der Waals surface area contributed by atoms with Gasteiger partial charge in [0.2, 0.25) is 0 Å². The van der Waals surface area contributed by atoms with Gasteiger partial charge < -0.3 is 19.0 Å². The minimum absolute atomic E-state index is 0.750. The summed E-state index contributed by atoms with van der Waals surface area (Å²) in [4.78, 5) is 0. The van der Waals surface area contributed by atoms with Crippen LogP contribution in [0.4, 0.5) is 0 Å². The molecular weight excluding hydrogens is 186 g/mol. The van der Waals surface area contributed by atoms with Crippen molar-refractivity contribution in [3.05, 3.63) is 0 Å². The van der Waals surface area contributed by atoms with E-state index in [1.54, 1.807) is 21.3 Å². The Morgan fingerprint density at radius 3 is 1.38 bits per heavy atom. The first kappa shape index (κ1) is 15.5. The van der Waals surface area contributed by atoms with Crippen molar-refractivity contribution in [1.82, 2.24) is 0 Å². The normalized spacial score (nSPS) is 10.6. The van der Waals surface area contributed by atoms with E-state index in [1.807, 2.05) is 6.92 Å². The molecule has 0 fully saturated rings. The fourth-order valence-corrected chi connectivity index (χ4v) is 2.59. The summed E-state index contributed by atoms with van der Waals surface area (Å²) in [7, 11) is 2.68. The predicted molar refractivity (Wildman–Crippen MR) is 56.6 cm³/mol. The Morgan fingerprint density at radius 2 is 1.31 bits per heavy atom. The minimum Gasteiger partial charge on any atom is -0.377 e. The Bertz CT molecular complexity index is 91.1. The molecule has 2 N–H and O–H groups in total. The average Bonchev–Trinajstić information content (AvgIpc) is 2.16. The summed E-state index contributed by atoms with van der Waals surface area (Å²) in [6.45, 7) is 4.73. The molecule has 0 aromatic carbocycles. The summed E-state index contributed by atoms with van der Waals surface area (Å²) in [5.41, 5.74) is 4.85. The lowest BCUT2D eigenvalue weighted by atomic mass is 10.6. The number of hydrogen-bond donors (Lipinski definition) is 1. The predicted octanol–water partition coefficient (Wildman–Crippen LogP) is 1.24. The van der Waals surface area contributed by atoms with Gasteiger partial charge in [-0.15, -0.1) is 0 Å². The van der Waals surface area contributed by atoms with Crippen LogP contribution in [0.25, 0.3) is 0 Å². The Morgan fingerprint density at radius 1 is 1.00 bits per heavy atom. The molecule has 0 bridgehead atoms. The monoisotopic (exact) mass is 209 g/mol. The number of hydrogen-bond acceptors (Lipinski definition) is 4. The van der Waals surface area contributed by atoms with Gasteiger partial charge in [0.25, 0.3) is 0 Å². The molecule has 0 saturated heterocycles. The summed E-state index contributed by atoms with van der Waals surface area (Å²) in [6, 6.07) is 0.885. The third-order valence-corrected chi connectivity index (χ3v) is 4.47. The Labute approximate surface area is 82.7 Å². The molecule has 0 saturated carbocycles. The van der Waals surface area contributed by atoms with Gasteiger partial charge in [0.1, 0.15) is 0 Å². The van der Waals surface area contributed by atoms with Gasteiger partial charge in [0.15, 0.2) is 0 Å². The molecule has 0 aliphatic heterocycles. The largest absolute Gasteiger partial charge is 0.500 e. The van der Waals surface area contributed by atoms with E-state index in [0.717, 1.165) is 19.0 Å². The fraction of sp³-hybridized carbons (Fsp3) is 1.00. The molecule has 4 nitrogen and oxygen atoms in total. The van der Waals surface area contributed by atoms with Crippen LogP contribution in [-0.2, 0) is 13.3 Å². The van der Waals surface area contributed by atoms with Crippen molar-refractivity contribution in [2.75, 3.05) is 27.9 Å². The average molecular weight is 209 g/mol. The maximum Gasteiger partial charge on any atom is 0.500 e. The van der Waals surface area contributed by atoms with Crippen LogP contribution >= 0.6 is 0 Å². The molecule has 0 unspecified atom stereocenters. The van der Waals surface area contributed by atoms with Gasteiger partial charge in [-0.3, -0.25) is 0 Å². The van der Waals surface area contributed by atoms with Gasteiger partial charge in [-0.05, 0) is 6.54 Å².